The maximum absolute atomic E-state index is 10.6. The van der Waals surface area contributed by atoms with Crippen molar-refractivity contribution < 1.29 is 78.4 Å². The molecule has 0 saturated carbocycles. The summed E-state index contributed by atoms with van der Waals surface area (Å²) in [6.07, 6.45) is 0. The summed E-state index contributed by atoms with van der Waals surface area (Å²) in [5, 5.41) is 8.25. The minimum atomic E-state index is -5.08. The van der Waals surface area contributed by atoms with Crippen molar-refractivity contribution >= 4 is 11.1 Å². The second kappa shape index (κ2) is 8.59. The van der Waals surface area contributed by atoms with Crippen LogP contribution in [0.25, 0.3) is 0 Å². The van der Waals surface area contributed by atoms with E-state index in [4.69, 9.17) is 13.9 Å². The third-order valence-corrected chi connectivity index (χ3v) is 0.567. The average molecular weight is 203 g/mol. The van der Waals surface area contributed by atoms with Crippen molar-refractivity contribution in [2.24, 2.45) is 0 Å². The molecule has 0 aliphatic rings. The molecule has 0 spiro atoms. The molecule has 0 amide bonds. The van der Waals surface area contributed by atoms with E-state index in [0.717, 1.165) is 7.11 Å². The molecule has 0 radical (unpaired) electrons. The average Bonchev–Trinajstić information content (AvgIpc) is 1.69. The van der Waals surface area contributed by atoms with Crippen LogP contribution in [0.15, 0.2) is 0 Å². The largest absolute Gasteiger partial charge is 1.00 e. The summed E-state index contributed by atoms with van der Waals surface area (Å²) in [7, 11) is 0.750. The normalized spacial score (nSPS) is 12.2. The number of alkyl halides is 3. The predicted octanol–water partition coefficient (Wildman–Crippen LogP) is -3.63. The molecule has 8 heteroatoms. The van der Waals surface area contributed by atoms with E-state index in [0.29, 0.717) is 0 Å². The molecule has 0 rings (SSSR count). The number of rotatable bonds is 0. The van der Waals surface area contributed by atoms with Gasteiger partial charge in [-0.2, -0.15) is 20.3 Å². The van der Waals surface area contributed by atoms with E-state index in [2.05, 4.69) is 0 Å². The van der Waals surface area contributed by atoms with E-state index in [-0.39, 0.29) is 51.4 Å². The van der Waals surface area contributed by atoms with Crippen molar-refractivity contribution in [3.05, 3.63) is 0 Å². The summed E-state index contributed by atoms with van der Waals surface area (Å²) in [6, 6.07) is 0. The Labute approximate surface area is 101 Å². The van der Waals surface area contributed by atoms with Gasteiger partial charge in [-0.1, -0.05) is 0 Å². The molecule has 0 aromatic rings. The molecule has 0 heterocycles. The minimum absolute atomic E-state index is 0. The van der Waals surface area contributed by atoms with Crippen LogP contribution >= 0.6 is 0 Å². The molecule has 0 aromatic heterocycles. The maximum Gasteiger partial charge on any atom is 1.00 e. The summed E-state index contributed by atoms with van der Waals surface area (Å²) in [5.41, 5.74) is -5.08. The van der Waals surface area contributed by atoms with E-state index >= 15 is 0 Å². The third-order valence-electron chi connectivity index (χ3n) is 0.189. The second-order valence-corrected chi connectivity index (χ2v) is 1.61. The minimum Gasteiger partial charge on any atom is -0.857 e. The molecule has 58 valence electrons. The summed E-state index contributed by atoms with van der Waals surface area (Å²) >= 11 is -3.93. The summed E-state index contributed by atoms with van der Waals surface area (Å²) in [6.45, 7) is 0. The van der Waals surface area contributed by atoms with Gasteiger partial charge in [0.05, 0.1) is 11.1 Å². The zero-order chi connectivity index (χ0) is 8.08. The van der Waals surface area contributed by atoms with Crippen LogP contribution in [0.4, 0.5) is 13.2 Å². The molecule has 1 atom stereocenters. The SMILES string of the molecule is C[O-].O=S([O-])C(F)(F)F.[K+]. The van der Waals surface area contributed by atoms with Crippen LogP contribution < -0.4 is 56.5 Å². The van der Waals surface area contributed by atoms with Crippen LogP contribution in [-0.4, -0.2) is 21.4 Å². The first kappa shape index (κ1) is 17.5. The van der Waals surface area contributed by atoms with Gasteiger partial charge in [-0.15, -0.1) is 0 Å². The standard InChI is InChI=1S/CHF3O2S.CH3O.K/c2-1(3,4)7(5)6;1-2;/h(H,5,6);1H3;/q;-1;+1/p-1. The number of halogens is 3. The first-order valence-electron chi connectivity index (χ1n) is 1.51. The molecule has 1 unspecified atom stereocenters. The van der Waals surface area contributed by atoms with Gasteiger partial charge < -0.3 is 9.66 Å². The molecule has 3 nitrogen and oxygen atoms in total. The zero-order valence-electron chi connectivity index (χ0n) is 5.27. The van der Waals surface area contributed by atoms with Crippen molar-refractivity contribution in [3.8, 4) is 0 Å². The van der Waals surface area contributed by atoms with Crippen LogP contribution in [0.1, 0.15) is 0 Å². The molecular weight excluding hydrogens is 200 g/mol. The molecule has 0 aliphatic heterocycles. The van der Waals surface area contributed by atoms with E-state index < -0.39 is 16.6 Å². The molecular formula is C2H3F3KO3S-. The molecule has 0 bridgehead atoms. The fourth-order valence-corrected chi connectivity index (χ4v) is 0. The van der Waals surface area contributed by atoms with Crippen molar-refractivity contribution in [1.29, 1.82) is 0 Å². The number of hydrogen-bond acceptors (Lipinski definition) is 3. The summed E-state index contributed by atoms with van der Waals surface area (Å²) in [5.74, 6) is 0. The van der Waals surface area contributed by atoms with Gasteiger partial charge in [0, 0.05) is 0 Å². The zero-order valence-corrected chi connectivity index (χ0v) is 9.21. The Balaban J connectivity index is -0.000000149. The first-order valence-corrected chi connectivity index (χ1v) is 2.59. The van der Waals surface area contributed by atoms with Gasteiger partial charge in [0.2, 0.25) is 0 Å². The van der Waals surface area contributed by atoms with Gasteiger partial charge in [0.1, 0.15) is 0 Å². The van der Waals surface area contributed by atoms with Gasteiger partial charge in [0.15, 0.2) is 0 Å². The fraction of sp³-hybridized carbons (Fsp3) is 1.00. The van der Waals surface area contributed by atoms with Crippen molar-refractivity contribution in [3.63, 3.8) is 0 Å². The molecule has 0 fully saturated rings. The fourth-order valence-electron chi connectivity index (χ4n) is 0. The van der Waals surface area contributed by atoms with E-state index in [9.17, 15) is 13.2 Å². The van der Waals surface area contributed by atoms with Crippen LogP contribution in [0.3, 0.4) is 0 Å². The Morgan fingerprint density at radius 3 is 1.40 bits per heavy atom. The molecule has 10 heavy (non-hydrogen) atoms. The van der Waals surface area contributed by atoms with Crippen LogP contribution in [0, 0.1) is 0 Å². The Morgan fingerprint density at radius 1 is 1.30 bits per heavy atom. The summed E-state index contributed by atoms with van der Waals surface area (Å²) in [4.78, 5) is 0. The quantitative estimate of drug-likeness (QED) is 0.301. The number of hydrogen-bond donors (Lipinski definition) is 0. The molecule has 0 N–H and O–H groups in total. The monoisotopic (exact) mass is 203 g/mol. The van der Waals surface area contributed by atoms with E-state index in [1.807, 2.05) is 0 Å². The Morgan fingerprint density at radius 2 is 1.40 bits per heavy atom. The van der Waals surface area contributed by atoms with E-state index in [1.165, 1.54) is 0 Å². The third kappa shape index (κ3) is 12.2. The van der Waals surface area contributed by atoms with Crippen molar-refractivity contribution in [1.82, 2.24) is 0 Å². The predicted molar refractivity (Wildman–Crippen MR) is 20.9 cm³/mol. The second-order valence-electron chi connectivity index (χ2n) is 0.680. The maximum atomic E-state index is 10.6. The Hall–Kier alpha value is 1.50. The topological polar surface area (TPSA) is 63.2 Å². The first-order chi connectivity index (χ1) is 3.94. The van der Waals surface area contributed by atoms with Gasteiger partial charge in [-0.3, -0.25) is 4.21 Å². The van der Waals surface area contributed by atoms with Gasteiger partial charge >= 0.3 is 56.9 Å². The molecule has 0 aliphatic carbocycles. The smallest absolute Gasteiger partial charge is 0.857 e. The Bertz CT molecular complexity index is 94.2. The molecule has 0 aromatic carbocycles. The van der Waals surface area contributed by atoms with E-state index in [1.54, 1.807) is 0 Å². The van der Waals surface area contributed by atoms with Crippen molar-refractivity contribution in [2.75, 3.05) is 7.11 Å². The van der Waals surface area contributed by atoms with Crippen LogP contribution in [0.2, 0.25) is 0 Å². The van der Waals surface area contributed by atoms with Gasteiger partial charge in [-0.05, 0) is 0 Å². The summed E-state index contributed by atoms with van der Waals surface area (Å²) < 4.78 is 49.5. The van der Waals surface area contributed by atoms with Gasteiger partial charge in [0.25, 0.3) is 0 Å². The van der Waals surface area contributed by atoms with Crippen molar-refractivity contribution in [2.45, 2.75) is 5.51 Å². The van der Waals surface area contributed by atoms with Crippen LogP contribution in [-0.2, 0) is 11.1 Å². The van der Waals surface area contributed by atoms with Gasteiger partial charge in [-0.25, -0.2) is 0 Å². The Kier molecular flexibility index (Phi) is 15.1. The van der Waals surface area contributed by atoms with Crippen LogP contribution in [0.5, 0.6) is 0 Å². The molecule has 0 saturated heterocycles.